The molecule has 0 radical (unpaired) electrons. The van der Waals surface area contributed by atoms with Gasteiger partial charge in [-0.25, -0.2) is 0 Å². The number of carbonyl (C=O) groups excluding carboxylic acids is 2. The lowest BCUT2D eigenvalue weighted by Crippen LogP contribution is -2.48. The summed E-state index contributed by atoms with van der Waals surface area (Å²) in [6.45, 7) is 3.09. The van der Waals surface area contributed by atoms with E-state index >= 15 is 0 Å². The van der Waals surface area contributed by atoms with Gasteiger partial charge >= 0.3 is 0 Å². The van der Waals surface area contributed by atoms with E-state index in [1.807, 2.05) is 42.2 Å². The maximum absolute atomic E-state index is 12.8. The van der Waals surface area contributed by atoms with Crippen molar-refractivity contribution >= 4 is 29.3 Å². The lowest BCUT2D eigenvalue weighted by atomic mass is 10.0. The van der Waals surface area contributed by atoms with E-state index in [2.05, 4.69) is 5.32 Å². The zero-order valence-corrected chi connectivity index (χ0v) is 18.3. The van der Waals surface area contributed by atoms with Gasteiger partial charge < -0.3 is 10.2 Å². The maximum Gasteiger partial charge on any atom is 0.269 e. The van der Waals surface area contributed by atoms with Gasteiger partial charge in [-0.15, -0.1) is 11.8 Å². The molecule has 0 spiro atoms. The molecule has 1 saturated heterocycles. The van der Waals surface area contributed by atoms with Gasteiger partial charge in [0.15, 0.2) is 0 Å². The first-order chi connectivity index (χ1) is 14.9. The highest BCUT2D eigenvalue weighted by Gasteiger charge is 2.27. The number of nitrogens with one attached hydrogen (secondary N) is 1. The van der Waals surface area contributed by atoms with Crippen molar-refractivity contribution in [3.05, 3.63) is 70.3 Å². The number of amides is 2. The zero-order valence-electron chi connectivity index (χ0n) is 17.5. The fraction of sp³-hybridized carbons (Fsp3) is 0.391. The number of carbonyl (C=O) groups is 2. The molecule has 31 heavy (non-hydrogen) atoms. The zero-order chi connectivity index (χ0) is 22.2. The van der Waals surface area contributed by atoms with Crippen molar-refractivity contribution in [3.8, 4) is 0 Å². The molecule has 0 saturated carbocycles. The minimum Gasteiger partial charge on any atom is -0.353 e. The molecule has 164 valence electrons. The number of aryl methyl sites for hydroxylation is 1. The number of non-ortho nitro benzene ring substituents is 1. The van der Waals surface area contributed by atoms with E-state index in [0.29, 0.717) is 19.5 Å². The molecule has 8 heteroatoms. The summed E-state index contributed by atoms with van der Waals surface area (Å²) in [6.07, 6.45) is 2.68. The third-order valence-electron chi connectivity index (χ3n) is 5.36. The van der Waals surface area contributed by atoms with Crippen LogP contribution in [-0.2, 0) is 16.0 Å². The predicted molar refractivity (Wildman–Crippen MR) is 121 cm³/mol. The fourth-order valence-corrected chi connectivity index (χ4v) is 4.56. The van der Waals surface area contributed by atoms with Crippen molar-refractivity contribution in [2.75, 3.05) is 13.1 Å². The van der Waals surface area contributed by atoms with Crippen molar-refractivity contribution in [3.63, 3.8) is 0 Å². The first-order valence-corrected chi connectivity index (χ1v) is 11.3. The summed E-state index contributed by atoms with van der Waals surface area (Å²) in [4.78, 5) is 38.0. The lowest BCUT2D eigenvalue weighted by molar-refractivity contribution is -0.384. The summed E-state index contributed by atoms with van der Waals surface area (Å²) in [5, 5.41) is 13.6. The molecule has 1 atom stereocenters. The normalized spacial score (nSPS) is 15.3. The molecule has 2 aromatic carbocycles. The number of rotatable bonds is 8. The number of hydrogen-bond donors (Lipinski definition) is 1. The highest BCUT2D eigenvalue weighted by molar-refractivity contribution is 8.00. The van der Waals surface area contributed by atoms with Gasteiger partial charge in [-0.05, 0) is 43.9 Å². The molecule has 1 fully saturated rings. The number of nitro benzene ring substituents is 1. The lowest BCUT2D eigenvalue weighted by Gasteiger charge is -2.33. The number of thioether (sulfide) groups is 1. The van der Waals surface area contributed by atoms with Crippen molar-refractivity contribution in [1.82, 2.24) is 10.2 Å². The van der Waals surface area contributed by atoms with E-state index in [1.54, 1.807) is 12.1 Å². The van der Waals surface area contributed by atoms with E-state index in [-0.39, 0.29) is 28.8 Å². The van der Waals surface area contributed by atoms with Crippen molar-refractivity contribution < 1.29 is 14.5 Å². The molecule has 2 aromatic rings. The molecule has 2 amide bonds. The molecule has 7 nitrogen and oxygen atoms in total. The van der Waals surface area contributed by atoms with Gasteiger partial charge in [-0.3, -0.25) is 19.7 Å². The summed E-state index contributed by atoms with van der Waals surface area (Å²) >= 11 is 1.40. The maximum atomic E-state index is 12.8. The van der Waals surface area contributed by atoms with Gasteiger partial charge in [-0.2, -0.15) is 0 Å². The first-order valence-electron chi connectivity index (χ1n) is 10.5. The number of benzene rings is 2. The van der Waals surface area contributed by atoms with Crippen molar-refractivity contribution in [2.45, 2.75) is 48.8 Å². The van der Waals surface area contributed by atoms with Crippen LogP contribution in [0.1, 0.15) is 31.7 Å². The Labute approximate surface area is 186 Å². The molecule has 1 aliphatic heterocycles. The van der Waals surface area contributed by atoms with Crippen LogP contribution in [0.5, 0.6) is 0 Å². The molecule has 0 bridgehead atoms. The summed E-state index contributed by atoms with van der Waals surface area (Å²) in [6, 6.07) is 16.3. The summed E-state index contributed by atoms with van der Waals surface area (Å²) in [5.41, 5.74) is 1.19. The Morgan fingerprint density at radius 2 is 1.77 bits per heavy atom. The third kappa shape index (κ3) is 6.82. The quantitative estimate of drug-likeness (QED) is 0.382. The van der Waals surface area contributed by atoms with Crippen LogP contribution in [0.4, 0.5) is 5.69 Å². The van der Waals surface area contributed by atoms with Crippen LogP contribution in [0, 0.1) is 10.1 Å². The third-order valence-corrected chi connectivity index (χ3v) is 6.46. The molecule has 0 aromatic heterocycles. The minimum absolute atomic E-state index is 0.0382. The van der Waals surface area contributed by atoms with Crippen LogP contribution in [0.2, 0.25) is 0 Å². The van der Waals surface area contributed by atoms with E-state index in [4.69, 9.17) is 0 Å². The van der Waals surface area contributed by atoms with E-state index in [9.17, 15) is 19.7 Å². The smallest absolute Gasteiger partial charge is 0.269 e. The molecular formula is C23H27N3O4S. The SMILES string of the molecule is CC(Sc1ccc([N+](=O)[O-])cc1)C(=O)N1CCC(NC(=O)CCc2ccccc2)CC1. The van der Waals surface area contributed by atoms with Gasteiger partial charge in [-0.1, -0.05) is 30.3 Å². The predicted octanol–water partition coefficient (Wildman–Crippen LogP) is 3.82. The monoisotopic (exact) mass is 441 g/mol. The number of nitrogens with zero attached hydrogens (tertiary/aromatic N) is 2. The standard InChI is InChI=1S/C23H27N3O4S/c1-17(31-21-10-8-20(9-11-21)26(29)30)23(28)25-15-13-19(14-16-25)24-22(27)12-7-18-5-3-2-4-6-18/h2-6,8-11,17,19H,7,12-16H2,1H3,(H,24,27). The highest BCUT2D eigenvalue weighted by atomic mass is 32.2. The molecular weight excluding hydrogens is 414 g/mol. The van der Waals surface area contributed by atoms with Gasteiger partial charge in [0.2, 0.25) is 11.8 Å². The first kappa shape index (κ1) is 22.8. The van der Waals surface area contributed by atoms with Gasteiger partial charge in [0, 0.05) is 42.6 Å². The van der Waals surface area contributed by atoms with Crippen molar-refractivity contribution in [1.29, 1.82) is 0 Å². The summed E-state index contributed by atoms with van der Waals surface area (Å²) in [7, 11) is 0. The van der Waals surface area contributed by atoms with Crippen molar-refractivity contribution in [2.24, 2.45) is 0 Å². The van der Waals surface area contributed by atoms with Crippen LogP contribution in [0.3, 0.4) is 0 Å². The molecule has 0 aliphatic carbocycles. The fourth-order valence-electron chi connectivity index (χ4n) is 3.60. The van der Waals surface area contributed by atoms with Crippen LogP contribution in [0.15, 0.2) is 59.5 Å². The Morgan fingerprint density at radius 1 is 1.13 bits per heavy atom. The Kier molecular flexibility index (Phi) is 8.06. The molecule has 3 rings (SSSR count). The van der Waals surface area contributed by atoms with Gasteiger partial charge in [0.05, 0.1) is 10.2 Å². The average Bonchev–Trinajstić information content (AvgIpc) is 2.79. The second kappa shape index (κ2) is 10.9. The van der Waals surface area contributed by atoms with Gasteiger partial charge in [0.25, 0.3) is 5.69 Å². The number of hydrogen-bond acceptors (Lipinski definition) is 5. The Morgan fingerprint density at radius 3 is 2.39 bits per heavy atom. The Hall–Kier alpha value is -2.87. The molecule has 1 unspecified atom stereocenters. The van der Waals surface area contributed by atoms with Crippen LogP contribution < -0.4 is 5.32 Å². The topological polar surface area (TPSA) is 92.6 Å². The highest BCUT2D eigenvalue weighted by Crippen LogP contribution is 2.27. The Bertz CT molecular complexity index is 897. The van der Waals surface area contributed by atoms with E-state index < -0.39 is 4.92 Å². The number of piperidine rings is 1. The largest absolute Gasteiger partial charge is 0.353 e. The second-order valence-electron chi connectivity index (χ2n) is 7.66. The van der Waals surface area contributed by atoms with E-state index in [1.165, 1.54) is 23.9 Å². The van der Waals surface area contributed by atoms with E-state index in [0.717, 1.165) is 29.7 Å². The minimum atomic E-state index is -0.437. The van der Waals surface area contributed by atoms with Crippen LogP contribution in [-0.4, -0.2) is 46.0 Å². The second-order valence-corrected chi connectivity index (χ2v) is 9.08. The van der Waals surface area contributed by atoms with Crippen LogP contribution >= 0.6 is 11.8 Å². The molecule has 1 N–H and O–H groups in total. The molecule has 1 heterocycles. The Balaban J connectivity index is 1.40. The molecule has 1 aliphatic rings. The summed E-state index contributed by atoms with van der Waals surface area (Å²) < 4.78 is 0. The number of nitro groups is 1. The summed E-state index contributed by atoms with van der Waals surface area (Å²) in [5.74, 6) is 0.105. The van der Waals surface area contributed by atoms with Gasteiger partial charge in [0.1, 0.15) is 0 Å². The average molecular weight is 442 g/mol. The van der Waals surface area contributed by atoms with Crippen LogP contribution in [0.25, 0.3) is 0 Å². The number of likely N-dealkylation sites (tertiary alicyclic amines) is 1.